The number of hydrogen-bond donors (Lipinski definition) is 2. The summed E-state index contributed by atoms with van der Waals surface area (Å²) in [4.78, 5) is 20.7. The Morgan fingerprint density at radius 1 is 1.09 bits per heavy atom. The Labute approximate surface area is 185 Å². The van der Waals surface area contributed by atoms with Gasteiger partial charge in [0.05, 0.1) is 24.1 Å². The number of nitrogens with zero attached hydrogens (tertiary/aromatic N) is 3. The van der Waals surface area contributed by atoms with Gasteiger partial charge in [-0.05, 0) is 55.8 Å². The highest BCUT2D eigenvalue weighted by molar-refractivity contribution is 5.83. The number of rotatable bonds is 3. The molecule has 2 aromatic heterocycles. The molecule has 0 saturated heterocycles. The number of aromatic nitrogens is 4. The second-order valence-corrected chi connectivity index (χ2v) is 7.77. The molecule has 10 heteroatoms. The molecule has 1 aliphatic heterocycles. The van der Waals surface area contributed by atoms with Crippen LogP contribution in [0, 0.1) is 13.8 Å². The van der Waals surface area contributed by atoms with Gasteiger partial charge in [-0.1, -0.05) is 11.6 Å². The average Bonchev–Trinajstić information content (AvgIpc) is 3.19. The molecule has 3 heterocycles. The Bertz CT molecular complexity index is 1470. The first-order valence-electron chi connectivity index (χ1n) is 10.1. The molecular formula is C23H18F3N5O2. The van der Waals surface area contributed by atoms with Crippen molar-refractivity contribution in [2.24, 2.45) is 0 Å². The molecule has 0 spiro atoms. The first kappa shape index (κ1) is 20.8. The molecule has 7 nitrogen and oxygen atoms in total. The lowest BCUT2D eigenvalue weighted by molar-refractivity contribution is -0.274. The van der Waals surface area contributed by atoms with E-state index in [-0.39, 0.29) is 11.2 Å². The quantitative estimate of drug-likeness (QED) is 0.482. The highest BCUT2D eigenvalue weighted by Gasteiger charge is 2.31. The second kappa shape index (κ2) is 7.51. The van der Waals surface area contributed by atoms with E-state index in [9.17, 15) is 18.0 Å². The molecule has 0 bridgehead atoms. The molecule has 168 valence electrons. The average molecular weight is 453 g/mol. The van der Waals surface area contributed by atoms with Gasteiger partial charge in [0.1, 0.15) is 5.75 Å². The summed E-state index contributed by atoms with van der Waals surface area (Å²) in [6, 6.07) is 11.2. The van der Waals surface area contributed by atoms with Crippen LogP contribution in [0.15, 0.2) is 47.3 Å². The number of aryl methyl sites for hydroxylation is 1. The largest absolute Gasteiger partial charge is 0.573 e. The Morgan fingerprint density at radius 2 is 1.85 bits per heavy atom. The van der Waals surface area contributed by atoms with Crippen molar-refractivity contribution in [3.05, 3.63) is 75.2 Å². The van der Waals surface area contributed by atoms with Crippen LogP contribution in [0.5, 0.6) is 5.75 Å². The normalized spacial score (nSPS) is 13.4. The summed E-state index contributed by atoms with van der Waals surface area (Å²) < 4.78 is 42.6. The van der Waals surface area contributed by atoms with Gasteiger partial charge in [0.25, 0.3) is 0 Å². The van der Waals surface area contributed by atoms with Crippen LogP contribution in [0.1, 0.15) is 22.5 Å². The van der Waals surface area contributed by atoms with Crippen LogP contribution in [-0.4, -0.2) is 26.1 Å². The van der Waals surface area contributed by atoms with E-state index in [0.717, 1.165) is 5.56 Å². The molecule has 1 aliphatic rings. The lowest BCUT2D eigenvalue weighted by Gasteiger charge is -2.16. The van der Waals surface area contributed by atoms with E-state index >= 15 is 0 Å². The topological polar surface area (TPSA) is 84.8 Å². The number of aromatic amines is 1. The zero-order valence-electron chi connectivity index (χ0n) is 17.6. The van der Waals surface area contributed by atoms with Gasteiger partial charge in [0.15, 0.2) is 17.1 Å². The summed E-state index contributed by atoms with van der Waals surface area (Å²) >= 11 is 0. The Kier molecular flexibility index (Phi) is 4.73. The van der Waals surface area contributed by atoms with E-state index in [2.05, 4.69) is 25.1 Å². The molecule has 0 fully saturated rings. The van der Waals surface area contributed by atoms with Crippen LogP contribution in [-0.2, 0) is 6.54 Å². The summed E-state index contributed by atoms with van der Waals surface area (Å²) in [7, 11) is 0. The smallest absolute Gasteiger partial charge is 0.406 e. The van der Waals surface area contributed by atoms with E-state index in [1.165, 1.54) is 24.3 Å². The monoisotopic (exact) mass is 453 g/mol. The molecule has 2 aromatic carbocycles. The van der Waals surface area contributed by atoms with Crippen LogP contribution in [0.4, 0.5) is 13.2 Å². The van der Waals surface area contributed by atoms with Gasteiger partial charge in [-0.3, -0.25) is 4.79 Å². The van der Waals surface area contributed by atoms with E-state index in [0.29, 0.717) is 51.6 Å². The fourth-order valence-corrected chi connectivity index (χ4v) is 3.76. The van der Waals surface area contributed by atoms with E-state index in [1.807, 2.05) is 25.1 Å². The van der Waals surface area contributed by atoms with Crippen molar-refractivity contribution in [1.29, 1.82) is 0 Å². The Hall–Kier alpha value is -4.08. The molecule has 33 heavy (non-hydrogen) atoms. The van der Waals surface area contributed by atoms with Crippen LogP contribution < -0.4 is 15.5 Å². The molecule has 0 amide bonds. The van der Waals surface area contributed by atoms with Crippen molar-refractivity contribution in [2.45, 2.75) is 26.8 Å². The van der Waals surface area contributed by atoms with Crippen molar-refractivity contribution in [3.63, 3.8) is 0 Å². The van der Waals surface area contributed by atoms with Crippen LogP contribution in [0.2, 0.25) is 0 Å². The van der Waals surface area contributed by atoms with Crippen molar-refractivity contribution in [3.8, 4) is 17.3 Å². The lowest BCUT2D eigenvalue weighted by atomic mass is 10.1. The predicted molar refractivity (Wildman–Crippen MR) is 117 cm³/mol. The number of ether oxygens (including phenoxy) is 1. The zero-order chi connectivity index (χ0) is 23.3. The third-order valence-electron chi connectivity index (χ3n) is 5.41. The zero-order valence-corrected chi connectivity index (χ0v) is 17.6. The number of alkyl halides is 3. The van der Waals surface area contributed by atoms with Crippen molar-refractivity contribution >= 4 is 22.8 Å². The highest BCUT2D eigenvalue weighted by Crippen LogP contribution is 2.26. The number of H-pyrrole nitrogens is 1. The molecule has 0 atom stereocenters. The maximum Gasteiger partial charge on any atom is 0.573 e. The number of pyridine rings is 1. The first-order valence-corrected chi connectivity index (χ1v) is 10.1. The molecule has 5 rings (SSSR count). The van der Waals surface area contributed by atoms with Crippen molar-refractivity contribution in [1.82, 2.24) is 25.1 Å². The summed E-state index contributed by atoms with van der Waals surface area (Å²) in [6.45, 7) is 4.02. The van der Waals surface area contributed by atoms with Crippen molar-refractivity contribution < 1.29 is 17.9 Å². The summed E-state index contributed by atoms with van der Waals surface area (Å²) in [6.07, 6.45) is -3.04. The molecule has 0 unspecified atom stereocenters. The van der Waals surface area contributed by atoms with E-state index < -0.39 is 6.36 Å². The number of halogens is 3. The summed E-state index contributed by atoms with van der Waals surface area (Å²) in [5, 5.41) is 8.34. The SMILES string of the molecule is Cc1ccc2[nH]c(-c3nc4n(n3)C=C(c3ccc(OC(F)(F)F)cc3)NC4)c(C)c(=O)c2c1. The van der Waals surface area contributed by atoms with Gasteiger partial charge in [0, 0.05) is 16.5 Å². The van der Waals surface area contributed by atoms with Gasteiger partial charge in [0.2, 0.25) is 0 Å². The second-order valence-electron chi connectivity index (χ2n) is 7.77. The Balaban J connectivity index is 1.49. The van der Waals surface area contributed by atoms with Gasteiger partial charge in [-0.15, -0.1) is 18.3 Å². The number of benzene rings is 2. The van der Waals surface area contributed by atoms with E-state index in [1.54, 1.807) is 17.8 Å². The minimum Gasteiger partial charge on any atom is -0.406 e. The molecule has 0 aliphatic carbocycles. The lowest BCUT2D eigenvalue weighted by Crippen LogP contribution is -2.20. The number of fused-ring (bicyclic) bond motifs is 2. The van der Waals surface area contributed by atoms with Crippen LogP contribution in [0.3, 0.4) is 0 Å². The predicted octanol–water partition coefficient (Wildman–Crippen LogP) is 4.36. The summed E-state index contributed by atoms with van der Waals surface area (Å²) in [5.74, 6) is 0.725. The molecule has 0 radical (unpaired) electrons. The standard InChI is InChI=1S/C23H18F3N5O2/c1-12-3-8-17-16(9-12)21(32)13(2)20(28-17)22-29-19-10-27-18(11-31(19)30-22)14-4-6-15(7-5-14)33-23(24,25)26/h3-9,11,27H,10H2,1-2H3,(H,28,32). The van der Waals surface area contributed by atoms with Crippen molar-refractivity contribution in [2.75, 3.05) is 0 Å². The van der Waals surface area contributed by atoms with Gasteiger partial charge in [-0.2, -0.15) is 0 Å². The maximum atomic E-state index is 12.9. The van der Waals surface area contributed by atoms with Gasteiger partial charge >= 0.3 is 6.36 Å². The minimum absolute atomic E-state index is 0.0780. The van der Waals surface area contributed by atoms with Crippen LogP contribution >= 0.6 is 0 Å². The minimum atomic E-state index is -4.74. The third-order valence-corrected chi connectivity index (χ3v) is 5.41. The first-order chi connectivity index (χ1) is 15.7. The van der Waals surface area contributed by atoms with E-state index in [4.69, 9.17) is 0 Å². The molecule has 4 aromatic rings. The fraction of sp³-hybridized carbons (Fsp3) is 0.174. The summed E-state index contributed by atoms with van der Waals surface area (Å²) in [5.41, 5.74) is 4.02. The fourth-order valence-electron chi connectivity index (χ4n) is 3.76. The number of nitrogens with one attached hydrogen (secondary N) is 2. The van der Waals surface area contributed by atoms with Crippen LogP contribution in [0.25, 0.3) is 34.3 Å². The molecule has 2 N–H and O–H groups in total. The molecular weight excluding hydrogens is 435 g/mol. The third kappa shape index (κ3) is 3.95. The van der Waals surface area contributed by atoms with Gasteiger partial charge < -0.3 is 15.0 Å². The molecule has 0 saturated carbocycles. The van der Waals surface area contributed by atoms with Gasteiger partial charge in [-0.25, -0.2) is 9.67 Å². The Morgan fingerprint density at radius 3 is 2.58 bits per heavy atom. The number of hydrogen-bond acceptors (Lipinski definition) is 5. The maximum absolute atomic E-state index is 12.9. The highest BCUT2D eigenvalue weighted by atomic mass is 19.4.